The molecule has 2 saturated heterocycles. The lowest BCUT2D eigenvalue weighted by Crippen LogP contribution is -2.47. The van der Waals surface area contributed by atoms with Gasteiger partial charge in [-0.05, 0) is 74.7 Å². The van der Waals surface area contributed by atoms with Crippen molar-refractivity contribution >= 4 is 57.6 Å². The summed E-state index contributed by atoms with van der Waals surface area (Å²) in [4.78, 5) is 41.9. The molecule has 5 aromatic rings. The molecule has 42 heavy (non-hydrogen) atoms. The molecule has 2 aliphatic rings. The number of anilines is 2. The number of hydrogen-bond acceptors (Lipinski definition) is 7. The van der Waals surface area contributed by atoms with Gasteiger partial charge in [-0.1, -0.05) is 35.7 Å². The molecule has 1 unspecified atom stereocenters. The minimum Gasteiger partial charge on any atom is -0.478 e. The van der Waals surface area contributed by atoms with Crippen LogP contribution in [-0.4, -0.2) is 59.0 Å². The highest BCUT2D eigenvalue weighted by atomic mass is 35.5. The minimum atomic E-state index is -0.927. The van der Waals surface area contributed by atoms with Crippen LogP contribution in [0.15, 0.2) is 59.8 Å². The summed E-state index contributed by atoms with van der Waals surface area (Å²) in [6.07, 6.45) is 10.2. The molecule has 0 radical (unpaired) electrons. The zero-order valence-corrected chi connectivity index (χ0v) is 24.0. The Bertz CT molecular complexity index is 1900. The largest absolute Gasteiger partial charge is 0.478 e. The first-order valence-electron chi connectivity index (χ1n) is 14.0. The first kappa shape index (κ1) is 26.9. The number of carboxylic acids is 1. The monoisotopic (exact) mass is 603 g/mol. The predicted molar refractivity (Wildman–Crippen MR) is 162 cm³/mol. The van der Waals surface area contributed by atoms with Crippen LogP contribution in [0.25, 0.3) is 22.5 Å². The second-order valence-electron chi connectivity index (χ2n) is 10.8. The van der Waals surface area contributed by atoms with Crippen molar-refractivity contribution in [1.29, 1.82) is 0 Å². The van der Waals surface area contributed by atoms with Crippen molar-refractivity contribution < 1.29 is 9.90 Å². The predicted octanol–water partition coefficient (Wildman–Crippen LogP) is 5.91. The van der Waals surface area contributed by atoms with Gasteiger partial charge in [-0.3, -0.25) is 14.1 Å². The molecular formula is C30H27Cl2N7O3. The summed E-state index contributed by atoms with van der Waals surface area (Å²) in [6.45, 7) is 2.14. The fourth-order valence-corrected chi connectivity index (χ4v) is 7.17. The van der Waals surface area contributed by atoms with E-state index in [0.29, 0.717) is 44.5 Å². The van der Waals surface area contributed by atoms with Crippen LogP contribution < -0.4 is 10.9 Å². The normalized spacial score (nSPS) is 19.2. The summed E-state index contributed by atoms with van der Waals surface area (Å²) in [5.74, 6) is -0.217. The number of carbonyl (C=O) groups is 1. The molecule has 10 nitrogen and oxygen atoms in total. The Hall–Kier alpha value is -3.99. The molecule has 12 heteroatoms. The Morgan fingerprint density at radius 3 is 2.64 bits per heavy atom. The summed E-state index contributed by atoms with van der Waals surface area (Å²) in [5, 5.41) is 14.1. The fraction of sp³-hybridized carbons (Fsp3) is 0.300. The smallest absolute Gasteiger partial charge is 0.335 e. The Balaban J connectivity index is 1.30. The van der Waals surface area contributed by atoms with E-state index in [9.17, 15) is 14.7 Å². The van der Waals surface area contributed by atoms with E-state index in [1.807, 2.05) is 6.07 Å². The van der Waals surface area contributed by atoms with Crippen molar-refractivity contribution in [3.05, 3.63) is 86.5 Å². The number of nitrogens with one attached hydrogen (secondary N) is 1. The number of para-hydroxylation sites is 1. The molecule has 5 heterocycles. The third-order valence-corrected chi connectivity index (χ3v) is 9.05. The lowest BCUT2D eigenvalue weighted by molar-refractivity contribution is 0.0684. The van der Waals surface area contributed by atoms with Crippen LogP contribution in [0.1, 0.15) is 53.9 Å². The van der Waals surface area contributed by atoms with Crippen molar-refractivity contribution in [2.45, 2.75) is 44.1 Å². The summed E-state index contributed by atoms with van der Waals surface area (Å²) >= 11 is 12.9. The third-order valence-electron chi connectivity index (χ3n) is 8.44. The van der Waals surface area contributed by atoms with Crippen molar-refractivity contribution in [3.8, 4) is 5.69 Å². The van der Waals surface area contributed by atoms with Gasteiger partial charge < -0.3 is 10.4 Å². The maximum Gasteiger partial charge on any atom is 0.335 e. The lowest BCUT2D eigenvalue weighted by Gasteiger charge is -2.45. The Labute approximate surface area is 250 Å². The van der Waals surface area contributed by atoms with Gasteiger partial charge in [0.2, 0.25) is 11.7 Å². The molecule has 0 bridgehead atoms. The van der Waals surface area contributed by atoms with Gasteiger partial charge in [0.25, 0.3) is 5.56 Å². The average molecular weight is 604 g/mol. The van der Waals surface area contributed by atoms with E-state index in [1.165, 1.54) is 17.2 Å². The van der Waals surface area contributed by atoms with E-state index in [4.69, 9.17) is 23.2 Å². The molecule has 0 saturated carbocycles. The van der Waals surface area contributed by atoms with E-state index < -0.39 is 11.5 Å². The maximum atomic E-state index is 13.7. The Morgan fingerprint density at radius 2 is 1.83 bits per heavy atom. The minimum absolute atomic E-state index is 0.144. The SMILES string of the molecule is O=C(O)c1ccc(Nc2ncc3c(=O)n(-c4c(Cl)cccc4Cl)c4nccn4c3n2)cc1[C@H]1CCCN2CCCCC12. The van der Waals surface area contributed by atoms with Gasteiger partial charge in [0.05, 0.1) is 21.3 Å². The molecule has 2 fully saturated rings. The van der Waals surface area contributed by atoms with E-state index in [-0.39, 0.29) is 17.3 Å². The first-order valence-corrected chi connectivity index (χ1v) is 14.7. The van der Waals surface area contributed by atoms with Gasteiger partial charge >= 0.3 is 5.97 Å². The summed E-state index contributed by atoms with van der Waals surface area (Å²) in [5.41, 5.74) is 2.12. The first-order chi connectivity index (χ1) is 20.4. The molecule has 3 aromatic heterocycles. The van der Waals surface area contributed by atoms with Crippen LogP contribution in [0, 0.1) is 0 Å². The Kier molecular flexibility index (Phi) is 6.84. The van der Waals surface area contributed by atoms with Crippen LogP contribution >= 0.6 is 23.2 Å². The number of nitrogens with zero attached hydrogens (tertiary/aromatic N) is 6. The summed E-state index contributed by atoms with van der Waals surface area (Å²) in [7, 11) is 0. The van der Waals surface area contributed by atoms with Gasteiger partial charge in [0.1, 0.15) is 5.39 Å². The lowest BCUT2D eigenvalue weighted by atomic mass is 9.77. The molecular weight excluding hydrogens is 577 g/mol. The Morgan fingerprint density at radius 1 is 1.02 bits per heavy atom. The van der Waals surface area contributed by atoms with Crippen LogP contribution in [-0.2, 0) is 0 Å². The van der Waals surface area contributed by atoms with Crippen LogP contribution in [0.5, 0.6) is 0 Å². The average Bonchev–Trinajstić information content (AvgIpc) is 3.48. The zero-order chi connectivity index (χ0) is 29.0. The third kappa shape index (κ3) is 4.50. The highest BCUT2D eigenvalue weighted by molar-refractivity contribution is 6.37. The topological polar surface area (TPSA) is 118 Å². The van der Waals surface area contributed by atoms with E-state index in [0.717, 1.165) is 44.3 Å². The second kappa shape index (κ2) is 10.7. The number of carboxylic acid groups (broad SMARTS) is 1. The summed E-state index contributed by atoms with van der Waals surface area (Å²) < 4.78 is 3.04. The molecule has 0 aliphatic carbocycles. The molecule has 2 N–H and O–H groups in total. The van der Waals surface area contributed by atoms with Crippen LogP contribution in [0.2, 0.25) is 10.0 Å². The number of rotatable bonds is 5. The molecule has 2 aliphatic heterocycles. The van der Waals surface area contributed by atoms with E-state index in [2.05, 4.69) is 25.2 Å². The van der Waals surface area contributed by atoms with Gasteiger partial charge in [-0.2, -0.15) is 4.98 Å². The standard InChI is InChI=1S/C30H27Cl2N7O3/c31-22-6-3-7-23(32)25(22)39-27(40)21-16-34-29(36-26(21)38-14-11-33-30(38)39)35-17-9-10-19(28(41)42)20(15-17)18-5-4-13-37-12-2-1-8-24(18)37/h3,6-7,9-11,14-16,18,24H,1-2,4-5,8,12-13H2,(H,41,42)(H,34,35,36)/t18-,24?/m1/s1. The van der Waals surface area contributed by atoms with Crippen molar-refractivity contribution in [3.63, 3.8) is 0 Å². The number of imidazole rings is 1. The number of benzene rings is 2. The number of aromatic nitrogens is 5. The van der Waals surface area contributed by atoms with Gasteiger partial charge in [0.15, 0.2) is 5.65 Å². The van der Waals surface area contributed by atoms with Crippen LogP contribution in [0.4, 0.5) is 11.6 Å². The highest BCUT2D eigenvalue weighted by Crippen LogP contribution is 2.40. The molecule has 2 atom stereocenters. The van der Waals surface area contributed by atoms with Crippen molar-refractivity contribution in [2.24, 2.45) is 0 Å². The highest BCUT2D eigenvalue weighted by Gasteiger charge is 2.35. The van der Waals surface area contributed by atoms with Gasteiger partial charge in [0, 0.05) is 36.2 Å². The number of aromatic carboxylic acids is 1. The number of piperidine rings is 2. The number of fused-ring (bicyclic) bond motifs is 4. The fourth-order valence-electron chi connectivity index (χ4n) is 6.60. The molecule has 0 spiro atoms. The molecule has 0 amide bonds. The van der Waals surface area contributed by atoms with E-state index >= 15 is 0 Å². The number of halogens is 2. The quantitative estimate of drug-likeness (QED) is 0.254. The molecule has 2 aromatic carbocycles. The van der Waals surface area contributed by atoms with Gasteiger partial charge in [-0.25, -0.2) is 19.3 Å². The van der Waals surface area contributed by atoms with E-state index in [1.54, 1.807) is 47.1 Å². The van der Waals surface area contributed by atoms with Gasteiger partial charge in [-0.15, -0.1) is 0 Å². The number of hydrogen-bond donors (Lipinski definition) is 2. The maximum absolute atomic E-state index is 13.7. The van der Waals surface area contributed by atoms with Crippen LogP contribution in [0.3, 0.4) is 0 Å². The van der Waals surface area contributed by atoms with Crippen molar-refractivity contribution in [2.75, 3.05) is 18.4 Å². The zero-order valence-electron chi connectivity index (χ0n) is 22.5. The molecule has 7 rings (SSSR count). The van der Waals surface area contributed by atoms with Crippen molar-refractivity contribution in [1.82, 2.24) is 28.8 Å². The second-order valence-corrected chi connectivity index (χ2v) is 11.6. The summed E-state index contributed by atoms with van der Waals surface area (Å²) in [6, 6.07) is 10.7. The molecule has 214 valence electrons.